The minimum absolute atomic E-state index is 0.125. The van der Waals surface area contributed by atoms with Crippen molar-refractivity contribution in [3.63, 3.8) is 0 Å². The van der Waals surface area contributed by atoms with Gasteiger partial charge in [-0.2, -0.15) is 5.10 Å². The van der Waals surface area contributed by atoms with Crippen molar-refractivity contribution in [2.45, 2.75) is 32.5 Å². The number of anilines is 1. The summed E-state index contributed by atoms with van der Waals surface area (Å²) in [5.74, 6) is -0.254. The molecule has 0 radical (unpaired) electrons. The van der Waals surface area contributed by atoms with Crippen LogP contribution in [0, 0.1) is 6.92 Å². The third kappa shape index (κ3) is 2.64. The molecular formula is C21H20N4O2. The number of rotatable bonds is 2. The number of fused-ring (bicyclic) bond motifs is 2. The molecule has 136 valence electrons. The molecule has 27 heavy (non-hydrogen) atoms. The Labute approximate surface area is 157 Å². The summed E-state index contributed by atoms with van der Waals surface area (Å²) in [6, 6.07) is 15.3. The number of aryl methyl sites for hydroxylation is 1. The van der Waals surface area contributed by atoms with E-state index in [1.165, 1.54) is 4.90 Å². The van der Waals surface area contributed by atoms with E-state index in [9.17, 15) is 9.59 Å². The Hall–Kier alpha value is -2.99. The maximum absolute atomic E-state index is 13.1. The van der Waals surface area contributed by atoms with Crippen molar-refractivity contribution >= 4 is 28.3 Å². The normalized spacial score (nSPS) is 20.5. The molecule has 3 heterocycles. The Balaban J connectivity index is 1.43. The molecule has 1 unspecified atom stereocenters. The number of imide groups is 1. The van der Waals surface area contributed by atoms with Gasteiger partial charge in [-0.25, -0.2) is 4.90 Å². The average molecular weight is 360 g/mol. The molecule has 3 aromatic rings. The molecule has 1 atom stereocenters. The molecule has 6 nitrogen and oxygen atoms in total. The van der Waals surface area contributed by atoms with Crippen LogP contribution in [-0.4, -0.2) is 39.1 Å². The van der Waals surface area contributed by atoms with Crippen LogP contribution in [0.15, 0.2) is 48.5 Å². The standard InChI is InChI=1S/C21H20N4O2/c1-14-10-18-13-23(8-9-24(18)22-14)19-12-20(26)25(21(19)27)17-7-6-15-4-2-3-5-16(15)11-17/h2-7,10-11,19H,8-9,12-13H2,1H3. The number of amides is 2. The van der Waals surface area contributed by atoms with Crippen molar-refractivity contribution in [3.8, 4) is 0 Å². The summed E-state index contributed by atoms with van der Waals surface area (Å²) < 4.78 is 1.99. The molecule has 2 amide bonds. The Morgan fingerprint density at radius 3 is 2.67 bits per heavy atom. The number of nitrogens with zero attached hydrogens (tertiary/aromatic N) is 4. The highest BCUT2D eigenvalue weighted by Gasteiger charge is 2.43. The van der Waals surface area contributed by atoms with Gasteiger partial charge in [0, 0.05) is 13.1 Å². The van der Waals surface area contributed by atoms with E-state index in [0.717, 1.165) is 35.2 Å². The summed E-state index contributed by atoms with van der Waals surface area (Å²) in [4.78, 5) is 29.3. The molecule has 0 N–H and O–H groups in total. The highest BCUT2D eigenvalue weighted by atomic mass is 16.2. The fourth-order valence-electron chi connectivity index (χ4n) is 4.18. The summed E-state index contributed by atoms with van der Waals surface area (Å²) in [5.41, 5.74) is 2.74. The molecule has 1 aromatic heterocycles. The van der Waals surface area contributed by atoms with Gasteiger partial charge in [-0.1, -0.05) is 30.3 Å². The number of aromatic nitrogens is 2. The fourth-order valence-corrected chi connectivity index (χ4v) is 4.18. The number of carbonyl (C=O) groups is 2. The van der Waals surface area contributed by atoms with Gasteiger partial charge >= 0.3 is 0 Å². The van der Waals surface area contributed by atoms with Crippen LogP contribution in [0.5, 0.6) is 0 Å². The van der Waals surface area contributed by atoms with Crippen LogP contribution in [-0.2, 0) is 22.7 Å². The van der Waals surface area contributed by atoms with Crippen LogP contribution in [0.3, 0.4) is 0 Å². The maximum atomic E-state index is 13.1. The van der Waals surface area contributed by atoms with E-state index in [1.807, 2.05) is 54.1 Å². The van der Waals surface area contributed by atoms with Crippen molar-refractivity contribution in [3.05, 3.63) is 59.9 Å². The molecular weight excluding hydrogens is 340 g/mol. The predicted molar refractivity (Wildman–Crippen MR) is 102 cm³/mol. The van der Waals surface area contributed by atoms with Crippen LogP contribution < -0.4 is 4.90 Å². The number of hydrogen-bond acceptors (Lipinski definition) is 4. The quantitative estimate of drug-likeness (QED) is 0.659. The minimum atomic E-state index is -0.395. The summed E-state index contributed by atoms with van der Waals surface area (Å²) in [5, 5.41) is 6.58. The average Bonchev–Trinajstić information content (AvgIpc) is 3.18. The van der Waals surface area contributed by atoms with Gasteiger partial charge < -0.3 is 0 Å². The third-order valence-corrected chi connectivity index (χ3v) is 5.50. The highest BCUT2D eigenvalue weighted by molar-refractivity contribution is 6.22. The van der Waals surface area contributed by atoms with E-state index in [1.54, 1.807) is 0 Å². The molecule has 0 bridgehead atoms. The van der Waals surface area contributed by atoms with Crippen LogP contribution >= 0.6 is 0 Å². The summed E-state index contributed by atoms with van der Waals surface area (Å²) >= 11 is 0. The lowest BCUT2D eigenvalue weighted by molar-refractivity contribution is -0.123. The Morgan fingerprint density at radius 1 is 1.00 bits per heavy atom. The van der Waals surface area contributed by atoms with E-state index >= 15 is 0 Å². The van der Waals surface area contributed by atoms with Crippen molar-refractivity contribution in [1.82, 2.24) is 14.7 Å². The lowest BCUT2D eigenvalue weighted by Gasteiger charge is -2.31. The lowest BCUT2D eigenvalue weighted by atomic mass is 10.1. The van der Waals surface area contributed by atoms with Gasteiger partial charge in [-0.05, 0) is 35.9 Å². The van der Waals surface area contributed by atoms with Gasteiger partial charge in [-0.3, -0.25) is 19.2 Å². The molecule has 0 spiro atoms. The highest BCUT2D eigenvalue weighted by Crippen LogP contribution is 2.30. The van der Waals surface area contributed by atoms with Crippen molar-refractivity contribution in [1.29, 1.82) is 0 Å². The van der Waals surface area contributed by atoms with Crippen molar-refractivity contribution in [2.24, 2.45) is 0 Å². The van der Waals surface area contributed by atoms with Crippen LogP contribution in [0.1, 0.15) is 17.8 Å². The zero-order valence-electron chi connectivity index (χ0n) is 15.1. The van der Waals surface area contributed by atoms with Crippen LogP contribution in [0.4, 0.5) is 5.69 Å². The molecule has 2 aliphatic heterocycles. The van der Waals surface area contributed by atoms with Gasteiger partial charge in [0.15, 0.2) is 0 Å². The summed E-state index contributed by atoms with van der Waals surface area (Å²) in [6.07, 6.45) is 0.235. The SMILES string of the molecule is Cc1cc2n(n1)CCN(C1CC(=O)N(c3ccc4ccccc4c3)C1=O)C2. The van der Waals surface area contributed by atoms with Crippen molar-refractivity contribution < 1.29 is 9.59 Å². The monoisotopic (exact) mass is 360 g/mol. The molecule has 2 aliphatic rings. The zero-order valence-corrected chi connectivity index (χ0v) is 15.1. The molecule has 2 aromatic carbocycles. The molecule has 5 rings (SSSR count). The largest absolute Gasteiger partial charge is 0.284 e. The van der Waals surface area contributed by atoms with E-state index in [0.29, 0.717) is 12.2 Å². The molecule has 1 saturated heterocycles. The first-order chi connectivity index (χ1) is 13.1. The predicted octanol–water partition coefficient (Wildman–Crippen LogP) is 2.49. The third-order valence-electron chi connectivity index (χ3n) is 5.50. The van der Waals surface area contributed by atoms with E-state index in [-0.39, 0.29) is 18.2 Å². The van der Waals surface area contributed by atoms with Gasteiger partial charge in [-0.15, -0.1) is 0 Å². The molecule has 0 aliphatic carbocycles. The second-order valence-electron chi connectivity index (χ2n) is 7.29. The Bertz CT molecular complexity index is 1070. The topological polar surface area (TPSA) is 58.4 Å². The second-order valence-corrected chi connectivity index (χ2v) is 7.29. The summed E-state index contributed by atoms with van der Waals surface area (Å²) in [6.45, 7) is 4.10. The van der Waals surface area contributed by atoms with E-state index in [4.69, 9.17) is 0 Å². The lowest BCUT2D eigenvalue weighted by Crippen LogP contribution is -2.45. The number of benzene rings is 2. The molecule has 0 saturated carbocycles. The first kappa shape index (κ1) is 16.2. The van der Waals surface area contributed by atoms with E-state index < -0.39 is 6.04 Å². The Morgan fingerprint density at radius 2 is 1.81 bits per heavy atom. The minimum Gasteiger partial charge on any atom is -0.284 e. The van der Waals surface area contributed by atoms with Gasteiger partial charge in [0.05, 0.1) is 36.1 Å². The first-order valence-electron chi connectivity index (χ1n) is 9.23. The van der Waals surface area contributed by atoms with E-state index in [2.05, 4.69) is 16.1 Å². The van der Waals surface area contributed by atoms with Gasteiger partial charge in [0.2, 0.25) is 5.91 Å². The first-order valence-corrected chi connectivity index (χ1v) is 9.23. The number of hydrogen-bond donors (Lipinski definition) is 0. The van der Waals surface area contributed by atoms with Crippen LogP contribution in [0.25, 0.3) is 10.8 Å². The smallest absolute Gasteiger partial charge is 0.251 e. The second kappa shape index (κ2) is 6.03. The van der Waals surface area contributed by atoms with Crippen molar-refractivity contribution in [2.75, 3.05) is 11.4 Å². The molecule has 1 fully saturated rings. The molecule has 6 heteroatoms. The Kier molecular flexibility index (Phi) is 3.62. The number of carbonyl (C=O) groups excluding carboxylic acids is 2. The maximum Gasteiger partial charge on any atom is 0.251 e. The summed E-state index contributed by atoms with van der Waals surface area (Å²) in [7, 11) is 0. The van der Waals surface area contributed by atoms with Crippen LogP contribution in [0.2, 0.25) is 0 Å². The zero-order chi connectivity index (χ0) is 18.5. The fraction of sp³-hybridized carbons (Fsp3) is 0.286. The van der Waals surface area contributed by atoms with Gasteiger partial charge in [0.25, 0.3) is 5.91 Å². The van der Waals surface area contributed by atoms with Gasteiger partial charge in [0.1, 0.15) is 0 Å².